The molecule has 2 amide bonds. The Kier molecular flexibility index (Phi) is 4.58. The van der Waals surface area contributed by atoms with E-state index in [4.69, 9.17) is 4.42 Å². The first kappa shape index (κ1) is 15.9. The number of carbonyl (C=O) groups is 1. The van der Waals surface area contributed by atoms with Crippen LogP contribution < -0.4 is 10.6 Å². The van der Waals surface area contributed by atoms with Gasteiger partial charge in [-0.3, -0.25) is 0 Å². The lowest BCUT2D eigenvalue weighted by Gasteiger charge is -2.21. The van der Waals surface area contributed by atoms with Crippen LogP contribution in [0.3, 0.4) is 0 Å². The molecule has 122 valence electrons. The number of carbonyl (C=O) groups excluding carboxylic acids is 1. The highest BCUT2D eigenvalue weighted by molar-refractivity contribution is 7.99. The van der Waals surface area contributed by atoms with E-state index in [0.717, 1.165) is 5.75 Å². The normalized spacial score (nSPS) is 20.4. The third kappa shape index (κ3) is 3.86. The molecule has 3 N–H and O–H groups in total. The topological polar surface area (TPSA) is 74.5 Å². The number of amides is 2. The van der Waals surface area contributed by atoms with E-state index in [1.807, 2.05) is 0 Å². The number of hydrogen-bond donors (Lipinski definition) is 3. The van der Waals surface area contributed by atoms with E-state index in [0.29, 0.717) is 23.5 Å². The average molecular weight is 336 g/mol. The van der Waals surface area contributed by atoms with Gasteiger partial charge in [-0.2, -0.15) is 11.8 Å². The number of benzene rings is 1. The van der Waals surface area contributed by atoms with Crippen molar-refractivity contribution >= 4 is 23.5 Å². The molecular weight excluding hydrogens is 319 g/mol. The van der Waals surface area contributed by atoms with E-state index in [1.165, 1.54) is 18.4 Å². The Bertz CT molecular complexity index is 685. The molecule has 0 radical (unpaired) electrons. The number of thioether (sulfide) groups is 1. The molecule has 0 bridgehead atoms. The molecule has 1 aromatic carbocycles. The van der Waals surface area contributed by atoms with Crippen LogP contribution >= 0.6 is 11.8 Å². The predicted molar refractivity (Wildman–Crippen MR) is 88.0 cm³/mol. The minimum Gasteiger partial charge on any atom is -0.464 e. The fraction of sp³-hybridized carbons (Fsp3) is 0.312. The summed E-state index contributed by atoms with van der Waals surface area (Å²) in [5, 5.41) is 15.2. The molecule has 0 saturated carbocycles. The van der Waals surface area contributed by atoms with Gasteiger partial charge in [0.1, 0.15) is 11.6 Å². The van der Waals surface area contributed by atoms with Crippen molar-refractivity contribution in [1.29, 1.82) is 0 Å². The highest BCUT2D eigenvalue weighted by Crippen LogP contribution is 2.27. The van der Waals surface area contributed by atoms with Gasteiger partial charge in [-0.25, -0.2) is 9.18 Å². The van der Waals surface area contributed by atoms with Crippen molar-refractivity contribution in [2.75, 3.05) is 23.4 Å². The van der Waals surface area contributed by atoms with Gasteiger partial charge in [0.2, 0.25) is 0 Å². The first-order valence-electron chi connectivity index (χ1n) is 7.24. The molecule has 1 aliphatic rings. The highest BCUT2D eigenvalue weighted by Gasteiger charge is 2.32. The second kappa shape index (κ2) is 6.64. The third-order valence-corrected chi connectivity index (χ3v) is 4.92. The number of furan rings is 1. The van der Waals surface area contributed by atoms with E-state index < -0.39 is 17.4 Å². The van der Waals surface area contributed by atoms with E-state index >= 15 is 0 Å². The Morgan fingerprint density at radius 1 is 1.43 bits per heavy atom. The lowest BCUT2D eigenvalue weighted by atomic mass is 10.0. The Hall–Kier alpha value is -1.99. The third-order valence-electron chi connectivity index (χ3n) is 3.68. The van der Waals surface area contributed by atoms with Gasteiger partial charge < -0.3 is 20.2 Å². The van der Waals surface area contributed by atoms with Crippen molar-refractivity contribution in [3.8, 4) is 11.3 Å². The molecule has 23 heavy (non-hydrogen) atoms. The molecule has 1 aromatic heterocycles. The Balaban J connectivity index is 1.65. The number of anilines is 1. The number of halogens is 1. The molecule has 0 aliphatic carbocycles. The summed E-state index contributed by atoms with van der Waals surface area (Å²) in [6, 6.07) is 7.30. The van der Waals surface area contributed by atoms with Crippen LogP contribution in [0, 0.1) is 5.82 Å². The molecule has 5 nitrogen and oxygen atoms in total. The zero-order valence-corrected chi connectivity index (χ0v) is 13.2. The number of nitrogens with one attached hydrogen (secondary N) is 2. The second-order valence-electron chi connectivity index (χ2n) is 5.51. The zero-order chi connectivity index (χ0) is 16.3. The summed E-state index contributed by atoms with van der Waals surface area (Å²) in [6.45, 7) is 0.144. The van der Waals surface area contributed by atoms with Gasteiger partial charge in [0.15, 0.2) is 0 Å². The molecule has 7 heteroatoms. The fourth-order valence-corrected chi connectivity index (χ4v) is 3.66. The summed E-state index contributed by atoms with van der Waals surface area (Å²) in [5.74, 6) is 1.52. The molecule has 3 rings (SSSR count). The molecule has 0 unspecified atom stereocenters. The summed E-state index contributed by atoms with van der Waals surface area (Å²) in [6.07, 6.45) is 2.17. The van der Waals surface area contributed by atoms with E-state index in [1.54, 1.807) is 30.0 Å². The van der Waals surface area contributed by atoms with Gasteiger partial charge in [-0.05, 0) is 42.5 Å². The van der Waals surface area contributed by atoms with Crippen LogP contribution in [0.25, 0.3) is 11.3 Å². The van der Waals surface area contributed by atoms with Gasteiger partial charge in [0.05, 0.1) is 17.6 Å². The molecule has 1 saturated heterocycles. The largest absolute Gasteiger partial charge is 0.464 e. The van der Waals surface area contributed by atoms with E-state index in [9.17, 15) is 14.3 Å². The summed E-state index contributed by atoms with van der Waals surface area (Å²) in [5.41, 5.74) is -0.155. The highest BCUT2D eigenvalue weighted by atomic mass is 32.2. The van der Waals surface area contributed by atoms with Crippen molar-refractivity contribution in [3.63, 3.8) is 0 Å². The number of rotatable bonds is 4. The predicted octanol–water partition coefficient (Wildman–Crippen LogP) is 3.08. The Labute approximate surface area is 137 Å². The minimum atomic E-state index is -0.878. The molecule has 2 aromatic rings. The van der Waals surface area contributed by atoms with Crippen molar-refractivity contribution in [1.82, 2.24) is 5.32 Å². The fourth-order valence-electron chi connectivity index (χ4n) is 2.36. The minimum absolute atomic E-state index is 0.0594. The maximum atomic E-state index is 13.9. The van der Waals surface area contributed by atoms with Gasteiger partial charge in [-0.1, -0.05) is 0 Å². The van der Waals surface area contributed by atoms with Crippen molar-refractivity contribution < 1.29 is 18.7 Å². The lowest BCUT2D eigenvalue weighted by molar-refractivity contribution is 0.0706. The van der Waals surface area contributed by atoms with E-state index in [-0.39, 0.29) is 12.2 Å². The molecule has 0 spiro atoms. The number of urea groups is 1. The Morgan fingerprint density at radius 2 is 2.30 bits per heavy atom. The van der Waals surface area contributed by atoms with Crippen LogP contribution in [0.2, 0.25) is 0 Å². The average Bonchev–Trinajstić information content (AvgIpc) is 3.20. The Morgan fingerprint density at radius 3 is 3.00 bits per heavy atom. The van der Waals surface area contributed by atoms with Crippen LogP contribution in [0.5, 0.6) is 0 Å². The summed E-state index contributed by atoms with van der Waals surface area (Å²) >= 11 is 1.65. The quantitative estimate of drug-likeness (QED) is 0.802. The first-order chi connectivity index (χ1) is 11.1. The van der Waals surface area contributed by atoms with Crippen molar-refractivity contribution in [2.45, 2.75) is 12.0 Å². The second-order valence-corrected chi connectivity index (χ2v) is 6.61. The SMILES string of the molecule is O=C(NC[C@]1(O)CCSC1)Nc1cc(-c2ccco2)ccc1F. The molecular formula is C16H17FN2O3S. The van der Waals surface area contributed by atoms with Gasteiger partial charge in [-0.15, -0.1) is 0 Å². The van der Waals surface area contributed by atoms with Crippen LogP contribution in [-0.4, -0.2) is 34.8 Å². The van der Waals surface area contributed by atoms with Gasteiger partial charge >= 0.3 is 6.03 Å². The molecule has 2 heterocycles. The maximum absolute atomic E-state index is 13.9. The number of hydrogen-bond acceptors (Lipinski definition) is 4. The standard InChI is InChI=1S/C16H17FN2O3S/c17-12-4-3-11(14-2-1-6-22-14)8-13(12)19-15(20)18-9-16(21)5-7-23-10-16/h1-4,6,8,21H,5,7,9-10H2,(H2,18,19,20)/t16-/m1/s1. The van der Waals surface area contributed by atoms with Gasteiger partial charge in [0, 0.05) is 17.9 Å². The van der Waals surface area contributed by atoms with Crippen LogP contribution in [0.4, 0.5) is 14.9 Å². The summed E-state index contributed by atoms with van der Waals surface area (Å²) in [7, 11) is 0. The van der Waals surface area contributed by atoms with Crippen LogP contribution in [0.1, 0.15) is 6.42 Å². The van der Waals surface area contributed by atoms with Crippen molar-refractivity contribution in [3.05, 3.63) is 42.4 Å². The molecule has 1 fully saturated rings. The molecule has 1 atom stereocenters. The van der Waals surface area contributed by atoms with Crippen LogP contribution in [0.15, 0.2) is 41.0 Å². The monoisotopic (exact) mass is 336 g/mol. The van der Waals surface area contributed by atoms with Gasteiger partial charge in [0.25, 0.3) is 0 Å². The maximum Gasteiger partial charge on any atom is 0.319 e. The zero-order valence-electron chi connectivity index (χ0n) is 12.3. The summed E-state index contributed by atoms with van der Waals surface area (Å²) in [4.78, 5) is 11.9. The summed E-state index contributed by atoms with van der Waals surface area (Å²) < 4.78 is 19.1. The number of aliphatic hydroxyl groups is 1. The first-order valence-corrected chi connectivity index (χ1v) is 8.40. The lowest BCUT2D eigenvalue weighted by Crippen LogP contribution is -2.44. The van der Waals surface area contributed by atoms with Crippen molar-refractivity contribution in [2.24, 2.45) is 0 Å². The van der Waals surface area contributed by atoms with E-state index in [2.05, 4.69) is 10.6 Å². The molecule has 1 aliphatic heterocycles. The van der Waals surface area contributed by atoms with Crippen LogP contribution in [-0.2, 0) is 0 Å². The smallest absolute Gasteiger partial charge is 0.319 e.